The first kappa shape index (κ1) is 28.9. The molecule has 9 nitrogen and oxygen atoms in total. The first-order chi connectivity index (χ1) is 17.9. The minimum atomic E-state index is -2.74. The Morgan fingerprint density at radius 2 is 1.45 bits per heavy atom. The highest BCUT2D eigenvalue weighted by Gasteiger charge is 2.41. The molecule has 1 aliphatic carbocycles. The van der Waals surface area contributed by atoms with Crippen LogP contribution in [0.25, 0.3) is 11.0 Å². The van der Waals surface area contributed by atoms with Crippen LogP contribution in [0.2, 0.25) is 0 Å². The molecule has 2 aromatic carbocycles. The predicted molar refractivity (Wildman–Crippen MR) is 141 cm³/mol. The minimum absolute atomic E-state index is 0.150. The normalized spacial score (nSPS) is 19.6. The predicted octanol–water partition coefficient (Wildman–Crippen LogP) is 4.61. The number of furan rings is 1. The summed E-state index contributed by atoms with van der Waals surface area (Å²) in [5, 5.41) is 35.1. The number of para-hydroxylation sites is 1. The monoisotopic (exact) mass is 525 g/mol. The molecule has 0 amide bonds. The summed E-state index contributed by atoms with van der Waals surface area (Å²) in [5.41, 5.74) is 1.22. The number of benzene rings is 2. The molecule has 0 saturated heterocycles. The van der Waals surface area contributed by atoms with Crippen molar-refractivity contribution < 1.29 is 39.2 Å². The standard InChI is InChI=1S/C23H27NO.C6H8O7/c1-17-20-11-7-8-12-21(20)25-22(17)18-13-15-23(16-14-18,24(2)3)19-9-5-4-6-10-19;7-3(8)1-6(13,5(11)12)2-4(9)10/h4-12,18H,13-16H2,1-3H3;13H,1-2H2,(H,7,8)(H,9,10)(H,11,12). The second kappa shape index (κ2) is 11.8. The number of aliphatic hydroxyl groups is 1. The number of carbonyl (C=O) groups is 3. The van der Waals surface area contributed by atoms with E-state index in [0.29, 0.717) is 5.92 Å². The summed E-state index contributed by atoms with van der Waals surface area (Å²) in [5.74, 6) is -3.28. The Hall–Kier alpha value is -3.69. The van der Waals surface area contributed by atoms with Gasteiger partial charge in [-0.15, -0.1) is 0 Å². The molecule has 0 atom stereocenters. The zero-order valence-electron chi connectivity index (χ0n) is 21.9. The zero-order chi connectivity index (χ0) is 28.1. The van der Waals surface area contributed by atoms with Crippen molar-refractivity contribution in [1.29, 1.82) is 0 Å². The topological polar surface area (TPSA) is 149 Å². The van der Waals surface area contributed by atoms with Crippen LogP contribution in [0.4, 0.5) is 0 Å². The van der Waals surface area contributed by atoms with Crippen LogP contribution < -0.4 is 0 Å². The lowest BCUT2D eigenvalue weighted by molar-refractivity contribution is -0.170. The summed E-state index contributed by atoms with van der Waals surface area (Å²) in [6.07, 6.45) is 2.40. The lowest BCUT2D eigenvalue weighted by Gasteiger charge is -2.45. The number of nitrogens with zero attached hydrogens (tertiary/aromatic N) is 1. The molecular weight excluding hydrogens is 490 g/mol. The zero-order valence-corrected chi connectivity index (χ0v) is 21.9. The number of aryl methyl sites for hydroxylation is 1. The highest BCUT2D eigenvalue weighted by molar-refractivity contribution is 5.88. The summed E-state index contributed by atoms with van der Waals surface area (Å²) in [6, 6.07) is 19.4. The summed E-state index contributed by atoms with van der Waals surface area (Å²) in [6.45, 7) is 2.21. The molecule has 1 aromatic heterocycles. The molecular formula is C29H35NO8. The third-order valence-electron chi connectivity index (χ3n) is 7.52. The van der Waals surface area contributed by atoms with Gasteiger partial charge in [-0.05, 0) is 63.9 Å². The Morgan fingerprint density at radius 1 is 0.921 bits per heavy atom. The van der Waals surface area contributed by atoms with Gasteiger partial charge in [-0.25, -0.2) is 4.79 Å². The molecule has 1 heterocycles. The molecule has 38 heavy (non-hydrogen) atoms. The van der Waals surface area contributed by atoms with Crippen LogP contribution in [0.5, 0.6) is 0 Å². The molecule has 0 spiro atoms. The number of rotatable bonds is 8. The molecule has 1 saturated carbocycles. The van der Waals surface area contributed by atoms with Crippen LogP contribution in [0.1, 0.15) is 61.3 Å². The van der Waals surface area contributed by atoms with E-state index in [4.69, 9.17) is 24.8 Å². The van der Waals surface area contributed by atoms with Crippen molar-refractivity contribution in [2.24, 2.45) is 0 Å². The van der Waals surface area contributed by atoms with E-state index in [-0.39, 0.29) is 5.54 Å². The highest BCUT2D eigenvalue weighted by Crippen LogP contribution is 2.47. The van der Waals surface area contributed by atoms with E-state index in [1.165, 1.54) is 48.0 Å². The van der Waals surface area contributed by atoms with Gasteiger partial charge in [0.2, 0.25) is 0 Å². The van der Waals surface area contributed by atoms with Gasteiger partial charge in [-0.1, -0.05) is 48.5 Å². The summed E-state index contributed by atoms with van der Waals surface area (Å²) >= 11 is 0. The molecule has 9 heteroatoms. The van der Waals surface area contributed by atoms with E-state index in [1.54, 1.807) is 0 Å². The summed E-state index contributed by atoms with van der Waals surface area (Å²) in [7, 11) is 4.44. The van der Waals surface area contributed by atoms with Crippen LogP contribution in [0, 0.1) is 6.92 Å². The molecule has 0 bridgehead atoms. The lowest BCUT2D eigenvalue weighted by Crippen LogP contribution is -2.44. The molecule has 0 unspecified atom stereocenters. The third kappa shape index (κ3) is 6.23. The van der Waals surface area contributed by atoms with Crippen LogP contribution in [0.3, 0.4) is 0 Å². The lowest BCUT2D eigenvalue weighted by atomic mass is 9.71. The number of aliphatic carboxylic acids is 3. The van der Waals surface area contributed by atoms with Crippen molar-refractivity contribution >= 4 is 28.9 Å². The van der Waals surface area contributed by atoms with Crippen LogP contribution in [-0.4, -0.2) is 62.9 Å². The first-order valence-electron chi connectivity index (χ1n) is 12.5. The third-order valence-corrected chi connectivity index (χ3v) is 7.52. The Balaban J connectivity index is 0.000000263. The van der Waals surface area contributed by atoms with E-state index in [1.807, 2.05) is 0 Å². The number of hydrogen-bond donors (Lipinski definition) is 4. The van der Waals surface area contributed by atoms with E-state index in [2.05, 4.69) is 80.5 Å². The molecule has 204 valence electrons. The molecule has 0 radical (unpaired) electrons. The van der Waals surface area contributed by atoms with Gasteiger partial charge in [0.05, 0.1) is 12.8 Å². The van der Waals surface area contributed by atoms with Gasteiger partial charge in [-0.2, -0.15) is 0 Å². The molecule has 4 N–H and O–H groups in total. The van der Waals surface area contributed by atoms with Gasteiger partial charge in [0.15, 0.2) is 5.60 Å². The highest BCUT2D eigenvalue weighted by atomic mass is 16.4. The van der Waals surface area contributed by atoms with Crippen molar-refractivity contribution in [1.82, 2.24) is 4.90 Å². The van der Waals surface area contributed by atoms with Gasteiger partial charge >= 0.3 is 17.9 Å². The minimum Gasteiger partial charge on any atom is -0.481 e. The number of hydrogen-bond acceptors (Lipinski definition) is 6. The van der Waals surface area contributed by atoms with Gasteiger partial charge < -0.3 is 24.8 Å². The van der Waals surface area contributed by atoms with Gasteiger partial charge in [0.1, 0.15) is 11.3 Å². The van der Waals surface area contributed by atoms with Crippen molar-refractivity contribution in [3.05, 3.63) is 71.5 Å². The van der Waals surface area contributed by atoms with Crippen LogP contribution >= 0.6 is 0 Å². The number of carboxylic acids is 3. The summed E-state index contributed by atoms with van der Waals surface area (Å²) < 4.78 is 6.26. The second-order valence-electron chi connectivity index (χ2n) is 10.1. The van der Waals surface area contributed by atoms with E-state index in [0.717, 1.165) is 5.58 Å². The Morgan fingerprint density at radius 3 is 1.92 bits per heavy atom. The Bertz CT molecular complexity index is 1260. The molecule has 1 aliphatic rings. The van der Waals surface area contributed by atoms with Gasteiger partial charge in [-0.3, -0.25) is 14.5 Å². The number of carboxylic acid groups (broad SMARTS) is 3. The van der Waals surface area contributed by atoms with Crippen molar-refractivity contribution in [3.8, 4) is 0 Å². The van der Waals surface area contributed by atoms with E-state index >= 15 is 0 Å². The average Bonchev–Trinajstić information content (AvgIpc) is 3.20. The molecule has 0 aliphatic heterocycles. The first-order valence-corrected chi connectivity index (χ1v) is 12.5. The molecule has 3 aromatic rings. The van der Waals surface area contributed by atoms with Crippen LogP contribution in [-0.2, 0) is 19.9 Å². The molecule has 4 rings (SSSR count). The average molecular weight is 526 g/mol. The fourth-order valence-corrected chi connectivity index (χ4v) is 5.40. The van der Waals surface area contributed by atoms with E-state index in [9.17, 15) is 14.4 Å². The maximum absolute atomic E-state index is 10.3. The fourth-order valence-electron chi connectivity index (χ4n) is 5.40. The largest absolute Gasteiger partial charge is 0.481 e. The maximum atomic E-state index is 10.3. The van der Waals surface area contributed by atoms with E-state index < -0.39 is 36.4 Å². The maximum Gasteiger partial charge on any atom is 0.336 e. The van der Waals surface area contributed by atoms with Crippen molar-refractivity contribution in [3.63, 3.8) is 0 Å². The SMILES string of the molecule is Cc1c(C2CCC(c3ccccc3)(N(C)C)CC2)oc2ccccc12.O=C(O)CC(O)(CC(=O)O)C(=O)O. The fraction of sp³-hybridized carbons (Fsp3) is 0.414. The Kier molecular flexibility index (Phi) is 8.96. The van der Waals surface area contributed by atoms with Crippen molar-refractivity contribution in [2.75, 3.05) is 14.1 Å². The van der Waals surface area contributed by atoms with Crippen LogP contribution in [0.15, 0.2) is 59.0 Å². The number of fused-ring (bicyclic) bond motifs is 1. The molecule has 1 fully saturated rings. The Labute approximate surface area is 221 Å². The van der Waals surface area contributed by atoms with Gasteiger partial charge in [0.25, 0.3) is 0 Å². The van der Waals surface area contributed by atoms with Crippen molar-refractivity contribution in [2.45, 2.75) is 62.5 Å². The van der Waals surface area contributed by atoms with Gasteiger partial charge in [0, 0.05) is 16.8 Å². The smallest absolute Gasteiger partial charge is 0.336 e. The second-order valence-corrected chi connectivity index (χ2v) is 10.1. The quantitative estimate of drug-likeness (QED) is 0.331. The summed E-state index contributed by atoms with van der Waals surface area (Å²) in [4.78, 5) is 32.9.